The van der Waals surface area contributed by atoms with Crippen molar-refractivity contribution in [2.75, 3.05) is 18.4 Å². The molecule has 2 N–H and O–H groups in total. The van der Waals surface area contributed by atoms with Gasteiger partial charge >= 0.3 is 5.97 Å². The number of aliphatic carboxylic acids is 1. The number of hydrogen-bond donors (Lipinski definition) is 2. The second-order valence-corrected chi connectivity index (χ2v) is 7.84. The molecule has 0 saturated carbocycles. The summed E-state index contributed by atoms with van der Waals surface area (Å²) in [4.78, 5) is 20.8. The van der Waals surface area contributed by atoms with E-state index in [0.29, 0.717) is 6.07 Å². The Hall–Kier alpha value is -1.78. The molecule has 1 heterocycles. The second-order valence-electron chi connectivity index (χ2n) is 5.58. The summed E-state index contributed by atoms with van der Waals surface area (Å²) in [5, 5.41) is 10.4. The van der Waals surface area contributed by atoms with Gasteiger partial charge in [-0.15, -0.1) is 0 Å². The van der Waals surface area contributed by atoms with Crippen molar-refractivity contribution in [1.29, 1.82) is 0 Å². The van der Waals surface area contributed by atoms with Crippen molar-refractivity contribution >= 4 is 39.2 Å². The molecular weight excluding hydrogens is 382 g/mol. The van der Waals surface area contributed by atoms with Gasteiger partial charge in [-0.3, -0.25) is 9.59 Å². The maximum absolute atomic E-state index is 14.4. The number of carboxylic acid groups (broad SMARTS) is 1. The molecule has 7 nitrogen and oxygen atoms in total. The van der Waals surface area contributed by atoms with Crippen molar-refractivity contribution in [2.45, 2.75) is 24.7 Å². The Morgan fingerprint density at radius 3 is 2.60 bits per heavy atom. The smallest absolute Gasteiger partial charge is 0.307 e. The third-order valence-corrected chi connectivity index (χ3v) is 6.03. The first-order chi connectivity index (χ1) is 11.6. The molecule has 1 amide bonds. The fourth-order valence-corrected chi connectivity index (χ4v) is 4.48. The number of amides is 1. The van der Waals surface area contributed by atoms with Gasteiger partial charge in [0, 0.05) is 26.1 Å². The lowest BCUT2D eigenvalue weighted by Crippen LogP contribution is -2.42. The molecule has 25 heavy (non-hydrogen) atoms. The van der Waals surface area contributed by atoms with Gasteiger partial charge in [-0.05, 0) is 12.8 Å². The van der Waals surface area contributed by atoms with Crippen LogP contribution in [-0.2, 0) is 19.6 Å². The van der Waals surface area contributed by atoms with E-state index in [4.69, 9.17) is 16.7 Å². The predicted molar refractivity (Wildman–Crippen MR) is 84.8 cm³/mol. The molecule has 1 fully saturated rings. The number of rotatable bonds is 4. The van der Waals surface area contributed by atoms with Crippen molar-refractivity contribution < 1.29 is 31.9 Å². The number of benzene rings is 1. The van der Waals surface area contributed by atoms with Gasteiger partial charge in [0.05, 0.1) is 11.6 Å². The number of halogens is 3. The number of carbonyl (C=O) groups is 2. The molecule has 0 aliphatic carbocycles. The van der Waals surface area contributed by atoms with Gasteiger partial charge in [-0.2, -0.15) is 4.31 Å². The van der Waals surface area contributed by atoms with Crippen LogP contribution in [0.1, 0.15) is 19.8 Å². The number of nitrogens with one attached hydrogen (secondary N) is 1. The van der Waals surface area contributed by atoms with Crippen molar-refractivity contribution in [2.24, 2.45) is 5.92 Å². The Kier molecular flexibility index (Phi) is 5.65. The molecule has 2 rings (SSSR count). The zero-order chi connectivity index (χ0) is 18.9. The Labute approximate surface area is 147 Å². The predicted octanol–water partition coefficient (Wildman–Crippen LogP) is 2.06. The Bertz CT molecular complexity index is 831. The summed E-state index contributed by atoms with van der Waals surface area (Å²) in [7, 11) is -4.63. The summed E-state index contributed by atoms with van der Waals surface area (Å²) in [5.74, 6) is -5.74. The fourth-order valence-electron chi connectivity index (χ4n) is 2.59. The van der Waals surface area contributed by atoms with E-state index < -0.39 is 55.1 Å². The van der Waals surface area contributed by atoms with Crippen LogP contribution < -0.4 is 5.32 Å². The van der Waals surface area contributed by atoms with Crippen molar-refractivity contribution in [1.82, 2.24) is 4.31 Å². The SMILES string of the molecule is CC(=O)Nc1cc(F)c(S(=O)(=O)N2CCCC(C(=O)O)C2)c(F)c1Cl. The standard InChI is InChI=1S/C14H15ClF2N2O5S/c1-7(20)18-10-5-9(16)13(12(17)11(10)15)25(23,24)19-4-2-3-8(6-19)14(21)22/h5,8H,2-4,6H2,1H3,(H,18,20)(H,21,22). The third kappa shape index (κ3) is 3.91. The van der Waals surface area contributed by atoms with Gasteiger partial charge in [0.15, 0.2) is 10.7 Å². The third-order valence-electron chi connectivity index (χ3n) is 3.76. The molecule has 1 aliphatic rings. The van der Waals surface area contributed by atoms with Crippen LogP contribution in [0.3, 0.4) is 0 Å². The quantitative estimate of drug-likeness (QED) is 0.758. The van der Waals surface area contributed by atoms with Crippen molar-refractivity contribution in [3.63, 3.8) is 0 Å². The molecule has 1 aromatic rings. The first-order valence-corrected chi connectivity index (χ1v) is 9.05. The zero-order valence-electron chi connectivity index (χ0n) is 13.1. The van der Waals surface area contributed by atoms with Gasteiger partial charge in [-0.25, -0.2) is 17.2 Å². The first kappa shape index (κ1) is 19.5. The van der Waals surface area contributed by atoms with Crippen LogP contribution in [-0.4, -0.2) is 42.8 Å². The van der Waals surface area contributed by atoms with Crippen LogP contribution in [0.25, 0.3) is 0 Å². The summed E-state index contributed by atoms with van der Waals surface area (Å²) in [5.41, 5.74) is -0.398. The van der Waals surface area contributed by atoms with E-state index in [1.807, 2.05) is 0 Å². The van der Waals surface area contributed by atoms with E-state index in [9.17, 15) is 26.8 Å². The number of hydrogen-bond acceptors (Lipinski definition) is 4. The van der Waals surface area contributed by atoms with Gasteiger partial charge in [0.2, 0.25) is 15.9 Å². The maximum Gasteiger partial charge on any atom is 0.307 e. The first-order valence-electron chi connectivity index (χ1n) is 7.23. The Balaban J connectivity index is 2.47. The van der Waals surface area contributed by atoms with Crippen LogP contribution >= 0.6 is 11.6 Å². The highest BCUT2D eigenvalue weighted by atomic mass is 35.5. The molecule has 1 aromatic carbocycles. The second kappa shape index (κ2) is 7.22. The average molecular weight is 397 g/mol. The van der Waals surface area contributed by atoms with Crippen LogP contribution in [0.4, 0.5) is 14.5 Å². The van der Waals surface area contributed by atoms with Gasteiger partial charge in [0.1, 0.15) is 10.8 Å². The van der Waals surface area contributed by atoms with E-state index in [0.717, 1.165) is 11.2 Å². The summed E-state index contributed by atoms with van der Waals surface area (Å²) < 4.78 is 54.6. The fraction of sp³-hybridized carbons (Fsp3) is 0.429. The average Bonchev–Trinajstić information content (AvgIpc) is 2.51. The van der Waals surface area contributed by atoms with E-state index in [1.165, 1.54) is 0 Å². The minimum atomic E-state index is -4.63. The summed E-state index contributed by atoms with van der Waals surface area (Å²) in [6.07, 6.45) is 0.520. The van der Waals surface area contributed by atoms with Crippen LogP contribution in [0.2, 0.25) is 5.02 Å². The molecule has 1 aliphatic heterocycles. The molecule has 1 saturated heterocycles. The van der Waals surface area contributed by atoms with Crippen molar-refractivity contribution in [3.05, 3.63) is 22.7 Å². The van der Waals surface area contributed by atoms with Gasteiger partial charge < -0.3 is 10.4 Å². The molecule has 0 bridgehead atoms. The van der Waals surface area contributed by atoms with Gasteiger partial charge in [-0.1, -0.05) is 11.6 Å². The lowest BCUT2D eigenvalue weighted by atomic mass is 10.0. The van der Waals surface area contributed by atoms with Crippen molar-refractivity contribution in [3.8, 4) is 0 Å². The highest BCUT2D eigenvalue weighted by Gasteiger charge is 2.37. The zero-order valence-corrected chi connectivity index (χ0v) is 14.6. The monoisotopic (exact) mass is 396 g/mol. The lowest BCUT2D eigenvalue weighted by Gasteiger charge is -2.30. The minimum Gasteiger partial charge on any atom is -0.481 e. The number of sulfonamides is 1. The molecular formula is C14H15ClF2N2O5S. The molecule has 0 radical (unpaired) electrons. The summed E-state index contributed by atoms with van der Waals surface area (Å²) in [6, 6.07) is 0.609. The van der Waals surface area contributed by atoms with E-state index in [-0.39, 0.29) is 25.9 Å². The van der Waals surface area contributed by atoms with Crippen LogP contribution in [0, 0.1) is 17.6 Å². The van der Waals surface area contributed by atoms with Gasteiger partial charge in [0.25, 0.3) is 0 Å². The minimum absolute atomic E-state index is 0.0595. The van der Waals surface area contributed by atoms with Crippen LogP contribution in [0.5, 0.6) is 0 Å². The number of carbonyl (C=O) groups excluding carboxylic acids is 1. The van der Waals surface area contributed by atoms with Crippen LogP contribution in [0.15, 0.2) is 11.0 Å². The Morgan fingerprint density at radius 2 is 2.04 bits per heavy atom. The number of anilines is 1. The number of nitrogens with zero attached hydrogens (tertiary/aromatic N) is 1. The van der Waals surface area contributed by atoms with E-state index >= 15 is 0 Å². The molecule has 0 aromatic heterocycles. The lowest BCUT2D eigenvalue weighted by molar-refractivity contribution is -0.142. The largest absolute Gasteiger partial charge is 0.481 e. The molecule has 138 valence electrons. The number of carboxylic acids is 1. The highest BCUT2D eigenvalue weighted by molar-refractivity contribution is 7.89. The maximum atomic E-state index is 14.4. The summed E-state index contributed by atoms with van der Waals surface area (Å²) in [6.45, 7) is 0.647. The molecule has 1 atom stereocenters. The molecule has 1 unspecified atom stereocenters. The summed E-state index contributed by atoms with van der Waals surface area (Å²) >= 11 is 5.71. The van der Waals surface area contributed by atoms with E-state index in [2.05, 4.69) is 5.32 Å². The topological polar surface area (TPSA) is 104 Å². The normalized spacial score (nSPS) is 18.8. The Morgan fingerprint density at radius 1 is 1.40 bits per heavy atom. The molecule has 11 heteroatoms. The highest BCUT2D eigenvalue weighted by Crippen LogP contribution is 2.35. The van der Waals surface area contributed by atoms with E-state index in [1.54, 1.807) is 0 Å². The molecule has 0 spiro atoms. The number of piperidine rings is 1.